The molecule has 35 heavy (non-hydrogen) atoms. The second kappa shape index (κ2) is 10.3. The summed E-state index contributed by atoms with van der Waals surface area (Å²) >= 11 is 0. The lowest BCUT2D eigenvalue weighted by molar-refractivity contribution is -0.192. The first kappa shape index (κ1) is 25.9. The van der Waals surface area contributed by atoms with Crippen LogP contribution in [0.4, 0.5) is 13.2 Å². The van der Waals surface area contributed by atoms with Gasteiger partial charge in [0.15, 0.2) is 5.82 Å². The van der Waals surface area contributed by atoms with E-state index in [4.69, 9.17) is 14.4 Å². The summed E-state index contributed by atoms with van der Waals surface area (Å²) in [6, 6.07) is 7.45. The molecule has 0 aliphatic carbocycles. The minimum atomic E-state index is -5.08. The van der Waals surface area contributed by atoms with Crippen molar-refractivity contribution in [1.82, 2.24) is 30.6 Å². The smallest absolute Gasteiger partial charge is 0.475 e. The van der Waals surface area contributed by atoms with E-state index in [1.807, 2.05) is 56.1 Å². The summed E-state index contributed by atoms with van der Waals surface area (Å²) in [5.74, 6) is -1.81. The van der Waals surface area contributed by atoms with Crippen molar-refractivity contribution < 1.29 is 32.4 Å². The number of piperazine rings is 1. The van der Waals surface area contributed by atoms with Crippen LogP contribution in [0.5, 0.6) is 0 Å². The van der Waals surface area contributed by atoms with Crippen molar-refractivity contribution in [3.8, 4) is 11.5 Å². The van der Waals surface area contributed by atoms with Crippen molar-refractivity contribution in [3.63, 3.8) is 0 Å². The number of aromatic nitrogens is 4. The SMILES string of the molecule is CC(C)(C)c1noc(-c2ccccc2C(=O)N2CCNC(c3cn[nH]c3)C2)n1.O=C(O)C(F)(F)F. The second-order valence-electron chi connectivity index (χ2n) is 8.81. The molecule has 1 unspecified atom stereocenters. The molecule has 3 aromatic rings. The van der Waals surface area contributed by atoms with E-state index in [1.165, 1.54) is 0 Å². The van der Waals surface area contributed by atoms with Gasteiger partial charge in [0.1, 0.15) is 0 Å². The molecule has 1 amide bonds. The zero-order valence-electron chi connectivity index (χ0n) is 19.3. The van der Waals surface area contributed by atoms with Gasteiger partial charge >= 0.3 is 12.1 Å². The number of carbonyl (C=O) groups excluding carboxylic acids is 1. The maximum absolute atomic E-state index is 13.3. The monoisotopic (exact) mass is 494 g/mol. The number of benzene rings is 1. The van der Waals surface area contributed by atoms with E-state index in [-0.39, 0.29) is 17.4 Å². The van der Waals surface area contributed by atoms with Gasteiger partial charge in [0.25, 0.3) is 11.8 Å². The summed E-state index contributed by atoms with van der Waals surface area (Å²) in [6.07, 6.45) is -1.45. The fraction of sp³-hybridized carbons (Fsp3) is 0.409. The zero-order valence-corrected chi connectivity index (χ0v) is 19.3. The van der Waals surface area contributed by atoms with Crippen molar-refractivity contribution in [2.75, 3.05) is 19.6 Å². The summed E-state index contributed by atoms with van der Waals surface area (Å²) in [6.45, 7) is 8.00. The molecular formula is C22H25F3N6O4. The predicted octanol–water partition coefficient (Wildman–Crippen LogP) is 3.18. The molecule has 4 rings (SSSR count). The number of aliphatic carboxylic acids is 1. The summed E-state index contributed by atoms with van der Waals surface area (Å²) in [5, 5.41) is 21.5. The maximum atomic E-state index is 13.3. The van der Waals surface area contributed by atoms with Crippen LogP contribution < -0.4 is 5.32 Å². The number of amides is 1. The molecule has 1 fully saturated rings. The van der Waals surface area contributed by atoms with Gasteiger partial charge in [-0.2, -0.15) is 23.3 Å². The van der Waals surface area contributed by atoms with Crippen LogP contribution in [0.3, 0.4) is 0 Å². The lowest BCUT2D eigenvalue weighted by atomic mass is 9.96. The molecule has 0 spiro atoms. The Hall–Kier alpha value is -3.74. The average molecular weight is 494 g/mol. The third-order valence-electron chi connectivity index (χ3n) is 5.11. The first-order valence-corrected chi connectivity index (χ1v) is 10.6. The van der Waals surface area contributed by atoms with E-state index in [0.29, 0.717) is 35.9 Å². The highest BCUT2D eigenvalue weighted by molar-refractivity contribution is 6.00. The summed E-state index contributed by atoms with van der Waals surface area (Å²) in [7, 11) is 0. The average Bonchev–Trinajstić information content (AvgIpc) is 3.51. The molecule has 188 valence electrons. The van der Waals surface area contributed by atoms with Gasteiger partial charge in [0.05, 0.1) is 23.4 Å². The number of carboxylic acids is 1. The predicted molar refractivity (Wildman–Crippen MR) is 117 cm³/mol. The molecule has 0 bridgehead atoms. The van der Waals surface area contributed by atoms with Crippen LogP contribution in [0.1, 0.15) is 48.6 Å². The highest BCUT2D eigenvalue weighted by atomic mass is 19.4. The van der Waals surface area contributed by atoms with Crippen LogP contribution >= 0.6 is 0 Å². The van der Waals surface area contributed by atoms with E-state index in [1.54, 1.807) is 6.20 Å². The van der Waals surface area contributed by atoms with Gasteiger partial charge in [0, 0.05) is 36.8 Å². The van der Waals surface area contributed by atoms with E-state index in [0.717, 1.165) is 12.1 Å². The summed E-state index contributed by atoms with van der Waals surface area (Å²) in [5.41, 5.74) is 2.04. The fourth-order valence-corrected chi connectivity index (χ4v) is 3.27. The molecule has 1 aliphatic heterocycles. The Labute approximate surface area is 198 Å². The molecule has 0 saturated carbocycles. The topological polar surface area (TPSA) is 137 Å². The lowest BCUT2D eigenvalue weighted by Crippen LogP contribution is -2.48. The highest BCUT2D eigenvalue weighted by Gasteiger charge is 2.38. The maximum Gasteiger partial charge on any atom is 0.490 e. The van der Waals surface area contributed by atoms with Crippen molar-refractivity contribution >= 4 is 11.9 Å². The number of aromatic amines is 1. The Morgan fingerprint density at radius 1 is 1.20 bits per heavy atom. The quantitative estimate of drug-likeness (QED) is 0.505. The molecule has 13 heteroatoms. The van der Waals surface area contributed by atoms with Gasteiger partial charge in [-0.1, -0.05) is 38.1 Å². The third kappa shape index (κ3) is 6.44. The van der Waals surface area contributed by atoms with Gasteiger partial charge in [-0.05, 0) is 12.1 Å². The normalized spacial score (nSPS) is 16.4. The van der Waals surface area contributed by atoms with E-state index in [9.17, 15) is 18.0 Å². The van der Waals surface area contributed by atoms with Crippen LogP contribution in [-0.2, 0) is 10.2 Å². The Bertz CT molecular complexity index is 1150. The number of nitrogens with zero attached hydrogens (tertiary/aromatic N) is 4. The van der Waals surface area contributed by atoms with Gasteiger partial charge in [-0.25, -0.2) is 4.79 Å². The van der Waals surface area contributed by atoms with Crippen LogP contribution in [0.15, 0.2) is 41.2 Å². The van der Waals surface area contributed by atoms with Crippen LogP contribution in [0.2, 0.25) is 0 Å². The molecule has 10 nitrogen and oxygen atoms in total. The number of nitrogens with one attached hydrogen (secondary N) is 2. The molecule has 1 aliphatic rings. The minimum absolute atomic E-state index is 0.0406. The Kier molecular flexibility index (Phi) is 7.58. The minimum Gasteiger partial charge on any atom is -0.475 e. The summed E-state index contributed by atoms with van der Waals surface area (Å²) < 4.78 is 37.2. The molecular weight excluding hydrogens is 469 g/mol. The first-order chi connectivity index (χ1) is 16.4. The van der Waals surface area contributed by atoms with Crippen molar-refractivity contribution in [2.45, 2.75) is 38.4 Å². The first-order valence-electron chi connectivity index (χ1n) is 10.6. The van der Waals surface area contributed by atoms with Gasteiger partial charge in [-0.3, -0.25) is 9.89 Å². The number of carboxylic acid groups (broad SMARTS) is 1. The number of halogens is 3. The largest absolute Gasteiger partial charge is 0.490 e. The number of carbonyl (C=O) groups is 2. The third-order valence-corrected chi connectivity index (χ3v) is 5.11. The molecule has 1 atom stereocenters. The number of hydrogen-bond acceptors (Lipinski definition) is 7. The van der Waals surface area contributed by atoms with Crippen LogP contribution in [-0.4, -0.2) is 68.0 Å². The van der Waals surface area contributed by atoms with Crippen molar-refractivity contribution in [3.05, 3.63) is 53.6 Å². The Morgan fingerprint density at radius 2 is 1.89 bits per heavy atom. The van der Waals surface area contributed by atoms with Crippen molar-refractivity contribution in [2.24, 2.45) is 0 Å². The molecule has 2 aromatic heterocycles. The zero-order chi connectivity index (χ0) is 25.8. The summed E-state index contributed by atoms with van der Waals surface area (Å²) in [4.78, 5) is 28.6. The Morgan fingerprint density at radius 3 is 2.46 bits per heavy atom. The van der Waals surface area contributed by atoms with E-state index >= 15 is 0 Å². The van der Waals surface area contributed by atoms with Crippen LogP contribution in [0, 0.1) is 0 Å². The van der Waals surface area contributed by atoms with E-state index in [2.05, 4.69) is 25.7 Å². The Balaban J connectivity index is 0.000000429. The fourth-order valence-electron chi connectivity index (χ4n) is 3.27. The van der Waals surface area contributed by atoms with Crippen molar-refractivity contribution in [1.29, 1.82) is 0 Å². The van der Waals surface area contributed by atoms with Gasteiger partial charge in [-0.15, -0.1) is 0 Å². The molecule has 1 aromatic carbocycles. The number of rotatable bonds is 3. The number of alkyl halides is 3. The highest BCUT2D eigenvalue weighted by Crippen LogP contribution is 2.27. The molecule has 1 saturated heterocycles. The molecule has 3 heterocycles. The molecule has 3 N–H and O–H groups in total. The molecule has 0 radical (unpaired) electrons. The number of H-pyrrole nitrogens is 1. The van der Waals surface area contributed by atoms with Crippen LogP contribution in [0.25, 0.3) is 11.5 Å². The number of hydrogen-bond donors (Lipinski definition) is 3. The van der Waals surface area contributed by atoms with E-state index < -0.39 is 12.1 Å². The standard InChI is InChI=1S/C20H24N6O2.C2HF3O2/c1-20(2,3)19-24-17(28-25-19)14-6-4-5-7-15(14)18(27)26-9-8-21-16(12-26)13-10-22-23-11-13;3-2(4,5)1(6)7/h4-7,10-11,16,21H,8-9,12H2,1-3H3,(H,22,23);(H,6,7). The van der Waals surface area contributed by atoms with Gasteiger partial charge < -0.3 is 19.8 Å². The van der Waals surface area contributed by atoms with Gasteiger partial charge in [0.2, 0.25) is 0 Å². The second-order valence-corrected chi connectivity index (χ2v) is 8.81. The lowest BCUT2D eigenvalue weighted by Gasteiger charge is -2.33.